The maximum atomic E-state index is 12.6. The molecular weight excluding hydrogens is 397 g/mol. The Labute approximate surface area is 172 Å². The number of nitrogens with one attached hydrogen (secondary N) is 1. The minimum Gasteiger partial charge on any atom is -0.497 e. The van der Waals surface area contributed by atoms with Gasteiger partial charge in [-0.25, -0.2) is 0 Å². The van der Waals surface area contributed by atoms with Gasteiger partial charge in [0.2, 0.25) is 11.8 Å². The van der Waals surface area contributed by atoms with Crippen LogP contribution in [0, 0.1) is 5.92 Å². The number of likely N-dealkylation sites (tertiary alicyclic amines) is 1. The Bertz CT molecular complexity index is 897. The zero-order valence-electron chi connectivity index (χ0n) is 16.5. The van der Waals surface area contributed by atoms with Crippen LogP contribution in [-0.4, -0.2) is 43.1 Å². The molecule has 2 aromatic carbocycles. The Morgan fingerprint density at radius 1 is 1.13 bits per heavy atom. The zero-order chi connectivity index (χ0) is 21.7. The van der Waals surface area contributed by atoms with Gasteiger partial charge in [-0.2, -0.15) is 13.2 Å². The van der Waals surface area contributed by atoms with Gasteiger partial charge < -0.3 is 15.0 Å². The lowest BCUT2D eigenvalue weighted by Crippen LogP contribution is -2.44. The molecule has 0 unspecified atom stereocenters. The number of rotatable bonds is 5. The van der Waals surface area contributed by atoms with Gasteiger partial charge >= 0.3 is 6.18 Å². The maximum Gasteiger partial charge on any atom is 0.397 e. The van der Waals surface area contributed by atoms with Gasteiger partial charge in [0.25, 0.3) is 0 Å². The topological polar surface area (TPSA) is 58.6 Å². The summed E-state index contributed by atoms with van der Waals surface area (Å²) in [6, 6.07) is 14.9. The second kappa shape index (κ2) is 9.19. The van der Waals surface area contributed by atoms with Crippen molar-refractivity contribution in [2.75, 3.05) is 25.5 Å². The van der Waals surface area contributed by atoms with Crippen LogP contribution < -0.4 is 10.1 Å². The van der Waals surface area contributed by atoms with E-state index in [1.807, 2.05) is 36.4 Å². The summed E-state index contributed by atoms with van der Waals surface area (Å²) in [4.78, 5) is 25.5. The molecule has 0 aromatic heterocycles. The molecule has 0 bridgehead atoms. The van der Waals surface area contributed by atoms with E-state index < -0.39 is 24.4 Å². The Morgan fingerprint density at radius 3 is 2.53 bits per heavy atom. The maximum absolute atomic E-state index is 12.6. The number of halogens is 3. The molecule has 1 atom stereocenters. The number of hydrogen-bond donors (Lipinski definition) is 1. The van der Waals surface area contributed by atoms with E-state index in [0.717, 1.165) is 21.8 Å². The van der Waals surface area contributed by atoms with Crippen molar-refractivity contribution in [1.82, 2.24) is 4.90 Å². The van der Waals surface area contributed by atoms with Gasteiger partial charge in [-0.1, -0.05) is 24.3 Å². The highest BCUT2D eigenvalue weighted by Gasteiger charge is 2.36. The van der Waals surface area contributed by atoms with E-state index in [0.29, 0.717) is 18.5 Å². The van der Waals surface area contributed by atoms with Crippen LogP contribution in [0.2, 0.25) is 0 Å². The lowest BCUT2D eigenvalue weighted by molar-refractivity contribution is -0.162. The van der Waals surface area contributed by atoms with Crippen molar-refractivity contribution >= 4 is 17.5 Å². The van der Waals surface area contributed by atoms with Crippen molar-refractivity contribution in [3.63, 3.8) is 0 Å². The fourth-order valence-electron chi connectivity index (χ4n) is 3.49. The van der Waals surface area contributed by atoms with E-state index in [4.69, 9.17) is 4.74 Å². The van der Waals surface area contributed by atoms with Gasteiger partial charge in [0.15, 0.2) is 0 Å². The van der Waals surface area contributed by atoms with Crippen molar-refractivity contribution in [3.05, 3.63) is 48.5 Å². The number of nitrogens with zero attached hydrogens (tertiary/aromatic N) is 1. The first-order chi connectivity index (χ1) is 14.2. The molecule has 1 fully saturated rings. The molecule has 1 aliphatic heterocycles. The minimum atomic E-state index is -4.54. The third kappa shape index (κ3) is 5.75. The third-order valence-electron chi connectivity index (χ3n) is 5.05. The van der Waals surface area contributed by atoms with Crippen molar-refractivity contribution in [2.45, 2.75) is 25.4 Å². The number of amides is 2. The fraction of sp³-hybridized carbons (Fsp3) is 0.364. The van der Waals surface area contributed by atoms with Crippen molar-refractivity contribution in [2.24, 2.45) is 5.92 Å². The lowest BCUT2D eigenvalue weighted by atomic mass is 9.96. The summed E-state index contributed by atoms with van der Waals surface area (Å²) in [5.74, 6) is -1.07. The average Bonchev–Trinajstić information content (AvgIpc) is 2.73. The number of carbonyl (C=O) groups is 2. The molecule has 1 aliphatic rings. The summed E-state index contributed by atoms with van der Waals surface area (Å²) in [6.07, 6.45) is -5.01. The van der Waals surface area contributed by atoms with E-state index >= 15 is 0 Å². The number of hydrogen-bond acceptors (Lipinski definition) is 3. The van der Waals surface area contributed by atoms with Crippen LogP contribution in [0.1, 0.15) is 19.3 Å². The van der Waals surface area contributed by atoms with Crippen LogP contribution in [0.5, 0.6) is 5.75 Å². The second-order valence-electron chi connectivity index (χ2n) is 7.27. The highest BCUT2D eigenvalue weighted by atomic mass is 19.4. The highest BCUT2D eigenvalue weighted by molar-refractivity contribution is 5.93. The molecule has 1 saturated heterocycles. The fourth-order valence-corrected chi connectivity index (χ4v) is 3.49. The molecule has 2 aromatic rings. The van der Waals surface area contributed by atoms with Gasteiger partial charge in [-0.05, 0) is 48.2 Å². The molecule has 2 amide bonds. The molecule has 1 heterocycles. The van der Waals surface area contributed by atoms with Crippen LogP contribution in [0.3, 0.4) is 0 Å². The molecule has 1 N–H and O–H groups in total. The zero-order valence-corrected chi connectivity index (χ0v) is 16.5. The molecule has 160 valence electrons. The highest BCUT2D eigenvalue weighted by Crippen LogP contribution is 2.27. The predicted molar refractivity (Wildman–Crippen MR) is 107 cm³/mol. The molecule has 8 heteroatoms. The summed E-state index contributed by atoms with van der Waals surface area (Å²) >= 11 is 0. The quantitative estimate of drug-likeness (QED) is 0.775. The SMILES string of the molecule is COc1cccc(-c2ccc(NC(=O)[C@H]3CCCN(C(=O)CC(F)(F)F)C3)cc2)c1. The first-order valence-corrected chi connectivity index (χ1v) is 9.65. The van der Waals surface area contributed by atoms with Crippen LogP contribution >= 0.6 is 0 Å². The Kier molecular flexibility index (Phi) is 6.64. The number of carbonyl (C=O) groups excluding carboxylic acids is 2. The Morgan fingerprint density at radius 2 is 1.87 bits per heavy atom. The largest absolute Gasteiger partial charge is 0.497 e. The van der Waals surface area contributed by atoms with Crippen LogP contribution in [0.4, 0.5) is 18.9 Å². The number of benzene rings is 2. The first-order valence-electron chi connectivity index (χ1n) is 9.65. The lowest BCUT2D eigenvalue weighted by Gasteiger charge is -2.32. The summed E-state index contributed by atoms with van der Waals surface area (Å²) in [5, 5.41) is 2.80. The smallest absolute Gasteiger partial charge is 0.397 e. The average molecular weight is 420 g/mol. The molecule has 5 nitrogen and oxygen atoms in total. The van der Waals surface area contributed by atoms with Gasteiger partial charge in [-0.3, -0.25) is 9.59 Å². The van der Waals surface area contributed by atoms with E-state index in [2.05, 4.69) is 5.32 Å². The number of anilines is 1. The van der Waals surface area contributed by atoms with Gasteiger partial charge in [0.1, 0.15) is 12.2 Å². The van der Waals surface area contributed by atoms with Crippen LogP contribution in [0.15, 0.2) is 48.5 Å². The van der Waals surface area contributed by atoms with Crippen molar-refractivity contribution in [1.29, 1.82) is 0 Å². The third-order valence-corrected chi connectivity index (χ3v) is 5.05. The molecule has 0 radical (unpaired) electrons. The van der Waals surface area contributed by atoms with E-state index in [-0.39, 0.29) is 19.0 Å². The van der Waals surface area contributed by atoms with Gasteiger partial charge in [0, 0.05) is 18.8 Å². The molecule has 30 heavy (non-hydrogen) atoms. The van der Waals surface area contributed by atoms with Crippen LogP contribution in [0.25, 0.3) is 11.1 Å². The monoisotopic (exact) mass is 420 g/mol. The first kappa shape index (κ1) is 21.7. The van der Waals surface area contributed by atoms with Crippen LogP contribution in [-0.2, 0) is 9.59 Å². The second-order valence-corrected chi connectivity index (χ2v) is 7.27. The van der Waals surface area contributed by atoms with Gasteiger partial charge in [-0.15, -0.1) is 0 Å². The summed E-state index contributed by atoms with van der Waals surface area (Å²) in [7, 11) is 1.60. The van der Waals surface area contributed by atoms with E-state index in [9.17, 15) is 22.8 Å². The number of ether oxygens (including phenoxy) is 1. The number of methoxy groups -OCH3 is 1. The Hall–Kier alpha value is -3.03. The van der Waals surface area contributed by atoms with Gasteiger partial charge in [0.05, 0.1) is 13.0 Å². The standard InChI is InChI=1S/C22H23F3N2O3/c1-30-19-6-2-4-16(12-19)15-7-9-18(10-8-15)26-21(29)17-5-3-11-27(14-17)20(28)13-22(23,24)25/h2,4,6-10,12,17H,3,5,11,13-14H2,1H3,(H,26,29)/t17-/m0/s1. The minimum absolute atomic E-state index is 0.00262. The van der Waals surface area contributed by atoms with E-state index in [1.165, 1.54) is 0 Å². The number of piperidine rings is 1. The molecule has 3 rings (SSSR count). The molecule has 0 aliphatic carbocycles. The summed E-state index contributed by atoms with van der Waals surface area (Å²) in [6.45, 7) is 0.247. The van der Waals surface area contributed by atoms with E-state index in [1.54, 1.807) is 19.2 Å². The predicted octanol–water partition coefficient (Wildman–Crippen LogP) is 4.49. The molecular formula is C22H23F3N2O3. The molecule has 0 spiro atoms. The Balaban J connectivity index is 1.60. The summed E-state index contributed by atoms with van der Waals surface area (Å²) in [5.41, 5.74) is 2.51. The van der Waals surface area contributed by atoms with Crippen molar-refractivity contribution in [3.8, 4) is 16.9 Å². The molecule has 0 saturated carbocycles. The number of alkyl halides is 3. The normalized spacial score (nSPS) is 16.8. The van der Waals surface area contributed by atoms with Crippen molar-refractivity contribution < 1.29 is 27.5 Å². The summed E-state index contributed by atoms with van der Waals surface area (Å²) < 4.78 is 42.6.